The highest BCUT2D eigenvalue weighted by molar-refractivity contribution is 6.30. The van der Waals surface area contributed by atoms with Crippen LogP contribution in [-0.4, -0.2) is 22.1 Å². The number of carbonyl (C=O) groups excluding carboxylic acids is 1. The molecule has 2 aromatic carbocycles. The van der Waals surface area contributed by atoms with E-state index in [9.17, 15) is 4.79 Å². The van der Waals surface area contributed by atoms with Crippen molar-refractivity contribution in [2.45, 2.75) is 39.7 Å². The summed E-state index contributed by atoms with van der Waals surface area (Å²) in [5.41, 5.74) is 4.94. The van der Waals surface area contributed by atoms with E-state index in [1.165, 1.54) is 0 Å². The molecule has 0 aliphatic heterocycles. The van der Waals surface area contributed by atoms with Crippen LogP contribution >= 0.6 is 11.6 Å². The van der Waals surface area contributed by atoms with Gasteiger partial charge in [0.2, 0.25) is 0 Å². The highest BCUT2D eigenvalue weighted by atomic mass is 35.5. The summed E-state index contributed by atoms with van der Waals surface area (Å²) in [5, 5.41) is 3.65. The normalized spacial score (nSPS) is 13.6. The zero-order chi connectivity index (χ0) is 21.3. The molecular weight excluding hydrogens is 407 g/mol. The molecule has 1 aliphatic rings. The van der Waals surface area contributed by atoms with Crippen molar-refractivity contribution in [3.05, 3.63) is 52.6 Å². The maximum Gasteiger partial charge on any atom is 0.277 e. The molecule has 6 nitrogen and oxygen atoms in total. The summed E-state index contributed by atoms with van der Waals surface area (Å²) in [6.45, 7) is 5.03. The molecular formula is C22H24ClFN4O2. The molecule has 0 atom stereocenters. The first-order valence-electron chi connectivity index (χ1n) is 10.1. The summed E-state index contributed by atoms with van der Waals surface area (Å²) < 4.78 is 17.4. The molecule has 1 fully saturated rings. The third-order valence-electron chi connectivity index (χ3n) is 5.19. The molecule has 1 aromatic heterocycles. The summed E-state index contributed by atoms with van der Waals surface area (Å²) >= 11 is 6.04. The van der Waals surface area contributed by atoms with Crippen molar-refractivity contribution >= 4 is 39.9 Å². The van der Waals surface area contributed by atoms with Crippen molar-refractivity contribution in [2.24, 2.45) is 5.92 Å². The fraction of sp³-hybridized carbons (Fsp3) is 0.364. The molecule has 0 radical (unpaired) electrons. The van der Waals surface area contributed by atoms with Crippen LogP contribution in [0.2, 0.25) is 5.02 Å². The second-order valence-corrected chi connectivity index (χ2v) is 8.13. The Morgan fingerprint density at radius 2 is 2.17 bits per heavy atom. The van der Waals surface area contributed by atoms with Gasteiger partial charge in [0, 0.05) is 17.3 Å². The molecule has 1 amide bonds. The van der Waals surface area contributed by atoms with Crippen LogP contribution < -0.4 is 10.8 Å². The van der Waals surface area contributed by atoms with E-state index in [4.69, 9.17) is 16.4 Å². The van der Waals surface area contributed by atoms with E-state index < -0.39 is 11.7 Å². The quantitative estimate of drug-likeness (QED) is 0.472. The number of nitrogens with zero attached hydrogens (tertiary/aromatic N) is 2. The standard InChI is InChI=1S/C22H24ClFN4O2/c1-3-8-28-12-25-21-18(28)10-16(22(29)27-30-11-14-4-5-14)20(19(21)24)26-17-7-6-15(23)9-13(17)2/h6-7,9-10,12,14,26H,3-5,8,11H2,1-2H3,(H,27,29). The van der Waals surface area contributed by atoms with Crippen LogP contribution in [0.5, 0.6) is 0 Å². The number of imidazole rings is 1. The average molecular weight is 431 g/mol. The molecule has 4 rings (SSSR count). The van der Waals surface area contributed by atoms with Crippen molar-refractivity contribution in [2.75, 3.05) is 11.9 Å². The van der Waals surface area contributed by atoms with E-state index in [1.54, 1.807) is 30.6 Å². The van der Waals surface area contributed by atoms with Gasteiger partial charge in [0.05, 0.1) is 29.7 Å². The summed E-state index contributed by atoms with van der Waals surface area (Å²) in [5.74, 6) is -0.594. The van der Waals surface area contributed by atoms with E-state index in [0.29, 0.717) is 35.3 Å². The van der Waals surface area contributed by atoms with Crippen LogP contribution in [0.4, 0.5) is 15.8 Å². The van der Waals surface area contributed by atoms with Crippen molar-refractivity contribution in [3.63, 3.8) is 0 Å². The molecule has 30 heavy (non-hydrogen) atoms. The van der Waals surface area contributed by atoms with Crippen molar-refractivity contribution in [3.8, 4) is 0 Å². The average Bonchev–Trinajstić information content (AvgIpc) is 3.45. The fourth-order valence-corrected chi connectivity index (χ4v) is 3.57. The Bertz CT molecular complexity index is 1090. The van der Waals surface area contributed by atoms with Gasteiger partial charge in [-0.05, 0) is 61.9 Å². The third-order valence-corrected chi connectivity index (χ3v) is 5.43. The zero-order valence-corrected chi connectivity index (χ0v) is 17.7. The number of anilines is 2. The third kappa shape index (κ3) is 4.27. The Morgan fingerprint density at radius 3 is 2.87 bits per heavy atom. The molecule has 0 unspecified atom stereocenters. The van der Waals surface area contributed by atoms with Crippen LogP contribution in [0.1, 0.15) is 42.1 Å². The van der Waals surface area contributed by atoms with Gasteiger partial charge in [-0.3, -0.25) is 9.63 Å². The minimum absolute atomic E-state index is 0.0576. The summed E-state index contributed by atoms with van der Waals surface area (Å²) in [6.07, 6.45) is 4.67. The van der Waals surface area contributed by atoms with Crippen LogP contribution in [0.25, 0.3) is 11.0 Å². The smallest absolute Gasteiger partial charge is 0.277 e. The number of rotatable bonds is 8. The Kier molecular flexibility index (Phi) is 5.92. The molecule has 2 N–H and O–H groups in total. The first-order valence-corrected chi connectivity index (χ1v) is 10.5. The van der Waals surface area contributed by atoms with E-state index in [-0.39, 0.29) is 16.8 Å². The highest BCUT2D eigenvalue weighted by Gasteiger charge is 2.24. The lowest BCUT2D eigenvalue weighted by atomic mass is 10.1. The molecule has 3 aromatic rings. The summed E-state index contributed by atoms with van der Waals surface area (Å²) in [7, 11) is 0. The SMILES string of the molecule is CCCn1cnc2c(F)c(Nc3ccc(Cl)cc3C)c(C(=O)NOCC3CC3)cc21. The van der Waals surface area contributed by atoms with Crippen LogP contribution in [0, 0.1) is 18.7 Å². The number of carbonyl (C=O) groups is 1. The van der Waals surface area contributed by atoms with Crippen molar-refractivity contribution in [1.29, 1.82) is 0 Å². The lowest BCUT2D eigenvalue weighted by Crippen LogP contribution is -2.26. The van der Waals surface area contributed by atoms with Gasteiger partial charge in [-0.1, -0.05) is 18.5 Å². The second kappa shape index (κ2) is 8.62. The second-order valence-electron chi connectivity index (χ2n) is 7.69. The Morgan fingerprint density at radius 1 is 1.37 bits per heavy atom. The molecule has 0 bridgehead atoms. The number of benzene rings is 2. The Hall–Kier alpha value is -2.64. The molecule has 8 heteroatoms. The topological polar surface area (TPSA) is 68.2 Å². The van der Waals surface area contributed by atoms with Gasteiger partial charge < -0.3 is 9.88 Å². The molecule has 0 spiro atoms. The summed E-state index contributed by atoms with van der Waals surface area (Å²) in [6, 6.07) is 6.89. The molecule has 1 aliphatic carbocycles. The minimum Gasteiger partial charge on any atom is -0.352 e. The van der Waals surface area contributed by atoms with Gasteiger partial charge in [0.1, 0.15) is 5.52 Å². The van der Waals surface area contributed by atoms with Crippen molar-refractivity contribution in [1.82, 2.24) is 15.0 Å². The Balaban J connectivity index is 1.74. The van der Waals surface area contributed by atoms with Crippen LogP contribution in [0.3, 0.4) is 0 Å². The first kappa shape index (κ1) is 20.6. The number of amides is 1. The lowest BCUT2D eigenvalue weighted by Gasteiger charge is -2.16. The van der Waals surface area contributed by atoms with Gasteiger partial charge in [0.25, 0.3) is 5.91 Å². The van der Waals surface area contributed by atoms with Crippen molar-refractivity contribution < 1.29 is 14.0 Å². The number of aryl methyl sites for hydroxylation is 2. The molecule has 1 saturated carbocycles. The molecule has 0 saturated heterocycles. The lowest BCUT2D eigenvalue weighted by molar-refractivity contribution is 0.0271. The fourth-order valence-electron chi connectivity index (χ4n) is 3.34. The maximum atomic E-state index is 15.5. The van der Waals surface area contributed by atoms with Gasteiger partial charge in [-0.25, -0.2) is 14.9 Å². The van der Waals surface area contributed by atoms with E-state index in [2.05, 4.69) is 15.8 Å². The summed E-state index contributed by atoms with van der Waals surface area (Å²) in [4.78, 5) is 22.5. The van der Waals surface area contributed by atoms with E-state index in [1.807, 2.05) is 18.4 Å². The number of nitrogens with one attached hydrogen (secondary N) is 2. The van der Waals surface area contributed by atoms with Gasteiger partial charge >= 0.3 is 0 Å². The Labute approximate surface area is 179 Å². The predicted molar refractivity (Wildman–Crippen MR) is 116 cm³/mol. The van der Waals surface area contributed by atoms with Gasteiger partial charge in [0.15, 0.2) is 5.82 Å². The predicted octanol–water partition coefficient (Wildman–Crippen LogP) is 5.36. The first-order chi connectivity index (χ1) is 14.5. The zero-order valence-electron chi connectivity index (χ0n) is 17.0. The van der Waals surface area contributed by atoms with E-state index >= 15 is 4.39 Å². The number of halogens is 2. The van der Waals surface area contributed by atoms with E-state index in [0.717, 1.165) is 24.8 Å². The molecule has 158 valence electrons. The number of hydrogen-bond acceptors (Lipinski definition) is 4. The molecule has 1 heterocycles. The van der Waals surface area contributed by atoms with Gasteiger partial charge in [-0.15, -0.1) is 0 Å². The number of fused-ring (bicyclic) bond motifs is 1. The number of hydroxylamine groups is 1. The largest absolute Gasteiger partial charge is 0.352 e. The minimum atomic E-state index is -0.580. The van der Waals surface area contributed by atoms with Crippen LogP contribution in [-0.2, 0) is 11.4 Å². The van der Waals surface area contributed by atoms with Crippen LogP contribution in [0.15, 0.2) is 30.6 Å². The number of aromatic nitrogens is 2. The number of hydrogen-bond donors (Lipinski definition) is 2. The highest BCUT2D eigenvalue weighted by Crippen LogP contribution is 2.33. The van der Waals surface area contributed by atoms with Gasteiger partial charge in [-0.2, -0.15) is 0 Å². The maximum absolute atomic E-state index is 15.5. The monoisotopic (exact) mass is 430 g/mol.